The second-order valence-corrected chi connectivity index (χ2v) is 5.10. The summed E-state index contributed by atoms with van der Waals surface area (Å²) in [6.07, 6.45) is 3.08. The molecule has 1 unspecified atom stereocenters. The molecule has 0 bridgehead atoms. The van der Waals surface area contributed by atoms with Gasteiger partial charge in [0.15, 0.2) is 6.61 Å². The van der Waals surface area contributed by atoms with Gasteiger partial charge in [-0.15, -0.1) is 0 Å². The van der Waals surface area contributed by atoms with Crippen LogP contribution in [0.1, 0.15) is 37.0 Å². The third-order valence-corrected chi connectivity index (χ3v) is 3.18. The molecule has 0 saturated heterocycles. The lowest BCUT2D eigenvalue weighted by molar-refractivity contribution is -0.124. The summed E-state index contributed by atoms with van der Waals surface area (Å²) in [6.45, 7) is 3.58. The van der Waals surface area contributed by atoms with Crippen LogP contribution in [0.5, 0.6) is 0 Å². The Morgan fingerprint density at radius 3 is 2.75 bits per heavy atom. The number of halogens is 2. The van der Waals surface area contributed by atoms with Crippen LogP contribution in [-0.4, -0.2) is 29.5 Å². The summed E-state index contributed by atoms with van der Waals surface area (Å²) in [5.41, 5.74) is 0.147. The van der Waals surface area contributed by atoms with Crippen molar-refractivity contribution in [1.82, 2.24) is 10.3 Å². The molecule has 5 nitrogen and oxygen atoms in total. The third kappa shape index (κ3) is 5.35. The van der Waals surface area contributed by atoms with Crippen LogP contribution in [0.3, 0.4) is 0 Å². The molecule has 1 atom stereocenters. The Labute approximate surface area is 127 Å². The highest BCUT2D eigenvalue weighted by atomic mass is 35.5. The second kappa shape index (κ2) is 8.07. The van der Waals surface area contributed by atoms with Gasteiger partial charge in [-0.3, -0.25) is 4.79 Å². The van der Waals surface area contributed by atoms with Gasteiger partial charge in [-0.2, -0.15) is 0 Å². The molecule has 1 amide bonds. The Hall–Kier alpha value is -1.33. The zero-order valence-electron chi connectivity index (χ0n) is 11.3. The van der Waals surface area contributed by atoms with Gasteiger partial charge in [0, 0.05) is 12.2 Å². The van der Waals surface area contributed by atoms with Crippen LogP contribution in [0.4, 0.5) is 0 Å². The predicted molar refractivity (Wildman–Crippen MR) is 77.1 cm³/mol. The molecule has 0 aliphatic heterocycles. The minimum Gasteiger partial charge on any atom is -0.452 e. The highest BCUT2D eigenvalue weighted by Gasteiger charge is 2.13. The lowest BCUT2D eigenvalue weighted by Gasteiger charge is -2.12. The molecule has 1 aromatic heterocycles. The van der Waals surface area contributed by atoms with Gasteiger partial charge in [-0.25, -0.2) is 9.78 Å². The van der Waals surface area contributed by atoms with Crippen LogP contribution in [0.15, 0.2) is 12.3 Å². The lowest BCUT2D eigenvalue weighted by Crippen LogP contribution is -2.35. The Morgan fingerprint density at radius 1 is 1.45 bits per heavy atom. The fourth-order valence-electron chi connectivity index (χ4n) is 1.57. The summed E-state index contributed by atoms with van der Waals surface area (Å²) >= 11 is 11.4. The van der Waals surface area contributed by atoms with E-state index in [4.69, 9.17) is 27.9 Å². The maximum atomic E-state index is 11.7. The average molecular weight is 319 g/mol. The van der Waals surface area contributed by atoms with Crippen molar-refractivity contribution in [1.29, 1.82) is 0 Å². The number of carbonyl (C=O) groups excluding carboxylic acids is 2. The quantitative estimate of drug-likeness (QED) is 0.647. The maximum Gasteiger partial charge on any atom is 0.340 e. The fourth-order valence-corrected chi connectivity index (χ4v) is 1.84. The van der Waals surface area contributed by atoms with E-state index in [-0.39, 0.29) is 34.3 Å². The molecule has 110 valence electrons. The number of rotatable bonds is 6. The van der Waals surface area contributed by atoms with E-state index in [1.165, 1.54) is 12.3 Å². The number of nitrogens with zero attached hydrogens (tertiary/aromatic N) is 1. The zero-order chi connectivity index (χ0) is 15.1. The number of amides is 1. The van der Waals surface area contributed by atoms with Gasteiger partial charge in [0.05, 0.1) is 10.6 Å². The van der Waals surface area contributed by atoms with Crippen molar-refractivity contribution in [2.24, 2.45) is 0 Å². The predicted octanol–water partition coefficient (Wildman–Crippen LogP) is 2.85. The van der Waals surface area contributed by atoms with E-state index in [1.54, 1.807) is 0 Å². The average Bonchev–Trinajstić information content (AvgIpc) is 2.39. The molecule has 0 aliphatic carbocycles. The van der Waals surface area contributed by atoms with E-state index in [2.05, 4.69) is 10.3 Å². The molecule has 0 aromatic carbocycles. The molecule has 1 rings (SSSR count). The van der Waals surface area contributed by atoms with Gasteiger partial charge < -0.3 is 10.1 Å². The van der Waals surface area contributed by atoms with Crippen molar-refractivity contribution in [3.8, 4) is 0 Å². The van der Waals surface area contributed by atoms with Crippen LogP contribution >= 0.6 is 23.2 Å². The van der Waals surface area contributed by atoms with E-state index in [0.717, 1.165) is 12.8 Å². The van der Waals surface area contributed by atoms with Crippen molar-refractivity contribution < 1.29 is 14.3 Å². The number of esters is 1. The second-order valence-electron chi connectivity index (χ2n) is 4.33. The molecule has 7 heteroatoms. The van der Waals surface area contributed by atoms with Gasteiger partial charge in [0.1, 0.15) is 5.15 Å². The molecule has 0 spiro atoms. The highest BCUT2D eigenvalue weighted by Crippen LogP contribution is 2.19. The van der Waals surface area contributed by atoms with E-state index >= 15 is 0 Å². The smallest absolute Gasteiger partial charge is 0.340 e. The molecular weight excluding hydrogens is 303 g/mol. The monoisotopic (exact) mass is 318 g/mol. The van der Waals surface area contributed by atoms with Gasteiger partial charge >= 0.3 is 5.97 Å². The Balaban J connectivity index is 2.46. The molecular formula is C13H16Cl2N2O3. The Morgan fingerprint density at radius 2 is 2.15 bits per heavy atom. The molecule has 1 heterocycles. The van der Waals surface area contributed by atoms with E-state index in [1.807, 2.05) is 13.8 Å². The van der Waals surface area contributed by atoms with Crippen molar-refractivity contribution in [3.63, 3.8) is 0 Å². The van der Waals surface area contributed by atoms with Crippen molar-refractivity contribution in [2.45, 2.75) is 32.7 Å². The van der Waals surface area contributed by atoms with E-state index in [0.29, 0.717) is 0 Å². The summed E-state index contributed by atoms with van der Waals surface area (Å²) in [4.78, 5) is 26.9. The molecule has 0 saturated carbocycles. The van der Waals surface area contributed by atoms with Crippen LogP contribution in [0.2, 0.25) is 10.2 Å². The number of hydrogen-bond donors (Lipinski definition) is 1. The summed E-state index contributed by atoms with van der Waals surface area (Å²) in [5, 5.41) is 2.99. The Bertz CT molecular complexity index is 495. The standard InChI is InChI=1S/C13H16Cl2N2O3/c1-3-4-8(2)17-11(18)7-20-13(19)9-5-10(14)12(15)16-6-9/h5-6,8H,3-4,7H2,1-2H3,(H,17,18). The van der Waals surface area contributed by atoms with E-state index < -0.39 is 5.97 Å². The van der Waals surface area contributed by atoms with Gasteiger partial charge in [-0.1, -0.05) is 36.5 Å². The fraction of sp³-hybridized carbons (Fsp3) is 0.462. The lowest BCUT2D eigenvalue weighted by atomic mass is 10.2. The summed E-state index contributed by atoms with van der Waals surface area (Å²) in [6, 6.07) is 1.40. The largest absolute Gasteiger partial charge is 0.452 e. The number of hydrogen-bond acceptors (Lipinski definition) is 4. The van der Waals surface area contributed by atoms with Crippen molar-refractivity contribution in [2.75, 3.05) is 6.61 Å². The topological polar surface area (TPSA) is 68.3 Å². The summed E-state index contributed by atoms with van der Waals surface area (Å²) in [5.74, 6) is -1.01. The number of pyridine rings is 1. The minimum atomic E-state index is -0.672. The first-order valence-electron chi connectivity index (χ1n) is 6.21. The Kier molecular flexibility index (Phi) is 6.75. The molecule has 0 aliphatic rings. The summed E-state index contributed by atoms with van der Waals surface area (Å²) < 4.78 is 4.87. The zero-order valence-corrected chi connectivity index (χ0v) is 12.8. The normalized spacial score (nSPS) is 11.8. The highest BCUT2D eigenvalue weighted by molar-refractivity contribution is 6.41. The minimum absolute atomic E-state index is 0.0536. The number of ether oxygens (including phenoxy) is 1. The number of nitrogens with one attached hydrogen (secondary N) is 1. The van der Waals surface area contributed by atoms with Crippen LogP contribution < -0.4 is 5.32 Å². The SMILES string of the molecule is CCCC(C)NC(=O)COC(=O)c1cnc(Cl)c(Cl)c1. The molecule has 0 radical (unpaired) electrons. The van der Waals surface area contributed by atoms with Gasteiger partial charge in [0.25, 0.3) is 5.91 Å². The number of carbonyl (C=O) groups is 2. The molecule has 1 aromatic rings. The van der Waals surface area contributed by atoms with Gasteiger partial charge in [-0.05, 0) is 19.4 Å². The van der Waals surface area contributed by atoms with Gasteiger partial charge in [0.2, 0.25) is 0 Å². The molecule has 0 fully saturated rings. The molecule has 20 heavy (non-hydrogen) atoms. The number of aromatic nitrogens is 1. The van der Waals surface area contributed by atoms with Crippen molar-refractivity contribution in [3.05, 3.63) is 28.0 Å². The van der Waals surface area contributed by atoms with E-state index in [9.17, 15) is 9.59 Å². The first kappa shape index (κ1) is 16.7. The summed E-state index contributed by atoms with van der Waals surface area (Å²) in [7, 11) is 0. The van der Waals surface area contributed by atoms with Crippen LogP contribution in [0.25, 0.3) is 0 Å². The third-order valence-electron chi connectivity index (χ3n) is 2.50. The maximum absolute atomic E-state index is 11.7. The first-order valence-corrected chi connectivity index (χ1v) is 6.97. The van der Waals surface area contributed by atoms with Crippen molar-refractivity contribution >= 4 is 35.1 Å². The van der Waals surface area contributed by atoms with Crippen LogP contribution in [-0.2, 0) is 9.53 Å². The van der Waals surface area contributed by atoms with Crippen LogP contribution in [0, 0.1) is 0 Å². The first-order chi connectivity index (χ1) is 9.43. The molecule has 1 N–H and O–H groups in total.